The van der Waals surface area contributed by atoms with Crippen LogP contribution in [0.2, 0.25) is 0 Å². The van der Waals surface area contributed by atoms with E-state index in [1.54, 1.807) is 23.1 Å². The van der Waals surface area contributed by atoms with Crippen LogP contribution >= 0.6 is 0 Å². The summed E-state index contributed by atoms with van der Waals surface area (Å²) in [6.45, 7) is 1.50. The van der Waals surface area contributed by atoms with Crippen molar-refractivity contribution in [3.63, 3.8) is 0 Å². The SMILES string of the molecule is Cc1cc(-c2ncn(-c3ccc(OCCF)cc3)n2)ccc1N. The number of nitrogens with zero attached hydrogens (tertiary/aromatic N) is 3. The minimum atomic E-state index is -0.505. The normalized spacial score (nSPS) is 10.7. The van der Waals surface area contributed by atoms with Gasteiger partial charge in [0.2, 0.25) is 0 Å². The van der Waals surface area contributed by atoms with E-state index in [0.29, 0.717) is 11.6 Å². The van der Waals surface area contributed by atoms with E-state index >= 15 is 0 Å². The van der Waals surface area contributed by atoms with Crippen LogP contribution in [0.5, 0.6) is 5.75 Å². The molecule has 0 saturated heterocycles. The van der Waals surface area contributed by atoms with Gasteiger partial charge in [0.15, 0.2) is 5.82 Å². The van der Waals surface area contributed by atoms with Gasteiger partial charge in [-0.1, -0.05) is 0 Å². The maximum Gasteiger partial charge on any atom is 0.181 e. The number of halogens is 1. The molecule has 3 rings (SSSR count). The Morgan fingerprint density at radius 3 is 2.65 bits per heavy atom. The summed E-state index contributed by atoms with van der Waals surface area (Å²) in [5.74, 6) is 1.26. The number of ether oxygens (including phenoxy) is 1. The minimum absolute atomic E-state index is 0.0588. The zero-order valence-electron chi connectivity index (χ0n) is 12.7. The van der Waals surface area contributed by atoms with Gasteiger partial charge in [0.1, 0.15) is 25.4 Å². The number of hydrogen-bond acceptors (Lipinski definition) is 4. The lowest BCUT2D eigenvalue weighted by molar-refractivity contribution is 0.273. The van der Waals surface area contributed by atoms with Crippen LogP contribution in [-0.4, -0.2) is 28.0 Å². The molecule has 2 aromatic carbocycles. The van der Waals surface area contributed by atoms with Gasteiger partial charge in [-0.15, -0.1) is 5.10 Å². The van der Waals surface area contributed by atoms with Crippen molar-refractivity contribution in [2.24, 2.45) is 0 Å². The standard InChI is InChI=1S/C17H17FN4O/c1-12-10-13(2-7-16(12)19)17-20-11-22(21-17)14-3-5-15(6-4-14)23-9-8-18/h2-7,10-11H,8-9,19H2,1H3. The number of nitrogens with two attached hydrogens (primary N) is 1. The number of aromatic nitrogens is 3. The first-order chi connectivity index (χ1) is 11.2. The van der Waals surface area contributed by atoms with Crippen LogP contribution in [0.15, 0.2) is 48.8 Å². The molecule has 0 amide bonds. The van der Waals surface area contributed by atoms with Crippen molar-refractivity contribution in [3.8, 4) is 22.8 Å². The second-order valence-electron chi connectivity index (χ2n) is 5.12. The molecule has 0 fully saturated rings. The zero-order chi connectivity index (χ0) is 16.2. The Balaban J connectivity index is 1.82. The summed E-state index contributed by atoms with van der Waals surface area (Å²) in [6.07, 6.45) is 1.65. The van der Waals surface area contributed by atoms with E-state index in [1.807, 2.05) is 37.3 Å². The van der Waals surface area contributed by atoms with Gasteiger partial charge in [-0.25, -0.2) is 14.1 Å². The summed E-state index contributed by atoms with van der Waals surface area (Å²) < 4.78 is 19.0. The van der Waals surface area contributed by atoms with Crippen LogP contribution in [0.1, 0.15) is 5.56 Å². The number of anilines is 1. The highest BCUT2D eigenvalue weighted by atomic mass is 19.1. The summed E-state index contributed by atoms with van der Waals surface area (Å²) in [7, 11) is 0. The average molecular weight is 312 g/mol. The molecular weight excluding hydrogens is 295 g/mol. The van der Waals surface area contributed by atoms with Gasteiger partial charge < -0.3 is 10.5 Å². The van der Waals surface area contributed by atoms with Crippen molar-refractivity contribution < 1.29 is 9.13 Å². The smallest absolute Gasteiger partial charge is 0.181 e. The Morgan fingerprint density at radius 2 is 1.96 bits per heavy atom. The van der Waals surface area contributed by atoms with Crippen molar-refractivity contribution in [2.75, 3.05) is 19.0 Å². The number of aryl methyl sites for hydroxylation is 1. The van der Waals surface area contributed by atoms with Crippen LogP contribution in [0, 0.1) is 6.92 Å². The third kappa shape index (κ3) is 3.31. The van der Waals surface area contributed by atoms with Crippen molar-refractivity contribution >= 4 is 5.69 Å². The molecule has 1 heterocycles. The molecule has 118 valence electrons. The van der Waals surface area contributed by atoms with E-state index in [0.717, 1.165) is 22.5 Å². The largest absolute Gasteiger partial charge is 0.491 e. The lowest BCUT2D eigenvalue weighted by Gasteiger charge is -2.05. The summed E-state index contributed by atoms with van der Waals surface area (Å²) >= 11 is 0. The maximum absolute atomic E-state index is 12.1. The number of benzene rings is 2. The first-order valence-electron chi connectivity index (χ1n) is 7.25. The highest BCUT2D eigenvalue weighted by molar-refractivity contribution is 5.61. The van der Waals surface area contributed by atoms with Crippen molar-refractivity contribution in [3.05, 3.63) is 54.4 Å². The predicted molar refractivity (Wildman–Crippen MR) is 87.4 cm³/mol. The molecule has 0 unspecified atom stereocenters. The molecule has 0 bridgehead atoms. The van der Waals surface area contributed by atoms with E-state index in [-0.39, 0.29) is 6.61 Å². The highest BCUT2D eigenvalue weighted by Crippen LogP contribution is 2.21. The first kappa shape index (κ1) is 15.0. The molecule has 0 saturated carbocycles. The van der Waals surface area contributed by atoms with Gasteiger partial charge in [0.05, 0.1) is 5.69 Å². The summed E-state index contributed by atoms with van der Waals surface area (Å²) in [5, 5.41) is 4.48. The zero-order valence-corrected chi connectivity index (χ0v) is 12.7. The summed E-state index contributed by atoms with van der Waals surface area (Å²) in [4.78, 5) is 4.34. The van der Waals surface area contributed by atoms with Crippen LogP contribution < -0.4 is 10.5 Å². The van der Waals surface area contributed by atoms with Gasteiger partial charge in [0, 0.05) is 11.3 Å². The molecule has 6 heteroatoms. The van der Waals surface area contributed by atoms with Crippen molar-refractivity contribution in [1.29, 1.82) is 0 Å². The molecule has 1 aromatic heterocycles. The van der Waals surface area contributed by atoms with E-state index in [9.17, 15) is 4.39 Å². The third-order valence-corrected chi connectivity index (χ3v) is 3.47. The lowest BCUT2D eigenvalue weighted by Crippen LogP contribution is -1.99. The van der Waals surface area contributed by atoms with Gasteiger partial charge in [-0.2, -0.15) is 0 Å². The molecule has 0 spiro atoms. The molecular formula is C17H17FN4O. The van der Waals surface area contributed by atoms with Crippen LogP contribution in [0.25, 0.3) is 17.1 Å². The molecule has 0 aliphatic rings. The number of rotatable bonds is 5. The number of nitrogen functional groups attached to an aromatic ring is 1. The maximum atomic E-state index is 12.1. The predicted octanol–water partition coefficient (Wildman–Crippen LogP) is 3.17. The molecule has 0 radical (unpaired) electrons. The summed E-state index contributed by atoms with van der Waals surface area (Å²) in [5.41, 5.74) is 9.34. The van der Waals surface area contributed by atoms with Gasteiger partial charge in [-0.05, 0) is 55.0 Å². The third-order valence-electron chi connectivity index (χ3n) is 3.47. The summed E-state index contributed by atoms with van der Waals surface area (Å²) in [6, 6.07) is 13.0. The molecule has 0 aliphatic carbocycles. The van der Waals surface area contributed by atoms with E-state index in [2.05, 4.69) is 10.1 Å². The van der Waals surface area contributed by atoms with Gasteiger partial charge >= 0.3 is 0 Å². The first-order valence-corrected chi connectivity index (χ1v) is 7.25. The van der Waals surface area contributed by atoms with E-state index < -0.39 is 6.67 Å². The van der Waals surface area contributed by atoms with Crippen LogP contribution in [-0.2, 0) is 0 Å². The fourth-order valence-corrected chi connectivity index (χ4v) is 2.19. The number of alkyl halides is 1. The molecule has 0 aliphatic heterocycles. The van der Waals surface area contributed by atoms with E-state index in [1.165, 1.54) is 0 Å². The topological polar surface area (TPSA) is 66.0 Å². The molecule has 3 aromatic rings. The second-order valence-corrected chi connectivity index (χ2v) is 5.12. The quantitative estimate of drug-likeness (QED) is 0.735. The van der Waals surface area contributed by atoms with Crippen molar-refractivity contribution in [1.82, 2.24) is 14.8 Å². The molecule has 23 heavy (non-hydrogen) atoms. The molecule has 2 N–H and O–H groups in total. The Bertz CT molecular complexity index is 799. The van der Waals surface area contributed by atoms with Crippen molar-refractivity contribution in [2.45, 2.75) is 6.92 Å². The van der Waals surface area contributed by atoms with Crippen LogP contribution in [0.4, 0.5) is 10.1 Å². The Hall–Kier alpha value is -2.89. The Kier molecular flexibility index (Phi) is 4.23. The van der Waals surface area contributed by atoms with Crippen LogP contribution in [0.3, 0.4) is 0 Å². The Morgan fingerprint density at radius 1 is 1.17 bits per heavy atom. The monoisotopic (exact) mass is 312 g/mol. The van der Waals surface area contributed by atoms with Gasteiger partial charge in [-0.3, -0.25) is 0 Å². The average Bonchev–Trinajstić information content (AvgIpc) is 3.06. The lowest BCUT2D eigenvalue weighted by atomic mass is 10.1. The number of hydrogen-bond donors (Lipinski definition) is 1. The molecule has 0 atom stereocenters. The Labute approximate surface area is 133 Å². The fraction of sp³-hybridized carbons (Fsp3) is 0.176. The highest BCUT2D eigenvalue weighted by Gasteiger charge is 2.07. The minimum Gasteiger partial charge on any atom is -0.491 e. The molecule has 5 nitrogen and oxygen atoms in total. The fourth-order valence-electron chi connectivity index (χ4n) is 2.19. The van der Waals surface area contributed by atoms with Gasteiger partial charge in [0.25, 0.3) is 0 Å². The second kappa shape index (κ2) is 6.48. The van der Waals surface area contributed by atoms with E-state index in [4.69, 9.17) is 10.5 Å².